The fourth-order valence-corrected chi connectivity index (χ4v) is 1.76. The largest absolute Gasteiger partial charge is 0.492 e. The Hall–Kier alpha value is -1.09. The lowest BCUT2D eigenvalue weighted by Crippen LogP contribution is -2.18. The van der Waals surface area contributed by atoms with Crippen LogP contribution in [-0.4, -0.2) is 17.6 Å². The van der Waals surface area contributed by atoms with Crippen LogP contribution in [0.25, 0.3) is 0 Å². The van der Waals surface area contributed by atoms with Gasteiger partial charge in [-0.2, -0.15) is 0 Å². The summed E-state index contributed by atoms with van der Waals surface area (Å²) in [5, 5.41) is 0. The summed E-state index contributed by atoms with van der Waals surface area (Å²) in [7, 11) is 0. The van der Waals surface area contributed by atoms with Crippen LogP contribution in [0.3, 0.4) is 0 Å². The van der Waals surface area contributed by atoms with E-state index in [0.717, 1.165) is 24.5 Å². The standard InChI is InChI=1S/C14H24N2O/c1-4-5-11(2)10-17-14-7-6-13(16-9-14)8-12(3)15/h6-7,9,11-12H,4-5,8,10,15H2,1-3H3. The second-order valence-electron chi connectivity index (χ2n) is 4.87. The summed E-state index contributed by atoms with van der Waals surface area (Å²) >= 11 is 0. The van der Waals surface area contributed by atoms with Gasteiger partial charge in [-0.3, -0.25) is 4.98 Å². The quantitative estimate of drug-likeness (QED) is 0.792. The minimum Gasteiger partial charge on any atom is -0.492 e. The van der Waals surface area contributed by atoms with Crippen molar-refractivity contribution in [1.29, 1.82) is 0 Å². The minimum absolute atomic E-state index is 0.152. The smallest absolute Gasteiger partial charge is 0.137 e. The van der Waals surface area contributed by atoms with E-state index < -0.39 is 0 Å². The molecule has 2 atom stereocenters. The second kappa shape index (κ2) is 7.28. The van der Waals surface area contributed by atoms with E-state index in [9.17, 15) is 0 Å². The molecule has 96 valence electrons. The first-order chi connectivity index (χ1) is 8.11. The maximum atomic E-state index is 5.72. The van der Waals surface area contributed by atoms with Crippen molar-refractivity contribution in [1.82, 2.24) is 4.98 Å². The summed E-state index contributed by atoms with van der Waals surface area (Å²) in [5.74, 6) is 1.45. The molecule has 0 aliphatic heterocycles. The van der Waals surface area contributed by atoms with Crippen LogP contribution in [0.4, 0.5) is 0 Å². The fraction of sp³-hybridized carbons (Fsp3) is 0.643. The molecule has 1 heterocycles. The lowest BCUT2D eigenvalue weighted by molar-refractivity contribution is 0.250. The van der Waals surface area contributed by atoms with E-state index in [1.165, 1.54) is 12.8 Å². The fourth-order valence-electron chi connectivity index (χ4n) is 1.76. The average molecular weight is 236 g/mol. The van der Waals surface area contributed by atoms with Crippen LogP contribution in [0.1, 0.15) is 39.3 Å². The maximum absolute atomic E-state index is 5.72. The minimum atomic E-state index is 0.152. The summed E-state index contributed by atoms with van der Waals surface area (Å²) in [4.78, 5) is 4.34. The van der Waals surface area contributed by atoms with Crippen LogP contribution in [-0.2, 0) is 6.42 Å². The SMILES string of the molecule is CCCC(C)COc1ccc(CC(C)N)nc1. The van der Waals surface area contributed by atoms with Gasteiger partial charge in [0.2, 0.25) is 0 Å². The lowest BCUT2D eigenvalue weighted by Gasteiger charge is -2.12. The molecule has 0 spiro atoms. The van der Waals surface area contributed by atoms with Crippen molar-refractivity contribution in [2.24, 2.45) is 11.7 Å². The van der Waals surface area contributed by atoms with Gasteiger partial charge in [-0.25, -0.2) is 0 Å². The number of rotatable bonds is 7. The van der Waals surface area contributed by atoms with E-state index in [1.807, 2.05) is 19.1 Å². The van der Waals surface area contributed by atoms with Crippen molar-refractivity contribution in [2.45, 2.75) is 46.1 Å². The molecule has 1 rings (SSSR count). The van der Waals surface area contributed by atoms with Crippen molar-refractivity contribution in [2.75, 3.05) is 6.61 Å². The third-order valence-electron chi connectivity index (χ3n) is 2.64. The Morgan fingerprint density at radius 1 is 1.35 bits per heavy atom. The molecule has 1 aromatic heterocycles. The van der Waals surface area contributed by atoms with Crippen molar-refractivity contribution < 1.29 is 4.74 Å². The van der Waals surface area contributed by atoms with Crippen molar-refractivity contribution >= 4 is 0 Å². The molecule has 0 aliphatic rings. The predicted molar refractivity (Wildman–Crippen MR) is 71.2 cm³/mol. The van der Waals surface area contributed by atoms with Crippen LogP contribution in [0.2, 0.25) is 0 Å². The van der Waals surface area contributed by atoms with E-state index in [1.54, 1.807) is 6.20 Å². The number of aromatic nitrogens is 1. The zero-order valence-electron chi connectivity index (χ0n) is 11.1. The molecule has 2 unspecified atom stereocenters. The Morgan fingerprint density at radius 2 is 2.12 bits per heavy atom. The van der Waals surface area contributed by atoms with Gasteiger partial charge in [-0.15, -0.1) is 0 Å². The second-order valence-corrected chi connectivity index (χ2v) is 4.87. The molecule has 0 aromatic carbocycles. The maximum Gasteiger partial charge on any atom is 0.137 e. The Kier molecular flexibility index (Phi) is 5.98. The average Bonchev–Trinajstić information content (AvgIpc) is 2.28. The molecular weight excluding hydrogens is 212 g/mol. The molecule has 0 fully saturated rings. The highest BCUT2D eigenvalue weighted by Gasteiger charge is 2.03. The zero-order chi connectivity index (χ0) is 12.7. The molecule has 0 bridgehead atoms. The Labute approximate surface area is 104 Å². The van der Waals surface area contributed by atoms with Gasteiger partial charge < -0.3 is 10.5 Å². The number of pyridine rings is 1. The highest BCUT2D eigenvalue weighted by atomic mass is 16.5. The molecule has 2 N–H and O–H groups in total. The van der Waals surface area contributed by atoms with Crippen LogP contribution < -0.4 is 10.5 Å². The van der Waals surface area contributed by atoms with Crippen molar-refractivity contribution in [3.05, 3.63) is 24.0 Å². The van der Waals surface area contributed by atoms with Gasteiger partial charge in [0, 0.05) is 18.2 Å². The first-order valence-corrected chi connectivity index (χ1v) is 6.45. The van der Waals surface area contributed by atoms with Crippen molar-refractivity contribution in [3.63, 3.8) is 0 Å². The van der Waals surface area contributed by atoms with Gasteiger partial charge in [0.15, 0.2) is 0 Å². The van der Waals surface area contributed by atoms with Gasteiger partial charge in [0.05, 0.1) is 12.8 Å². The van der Waals surface area contributed by atoms with Gasteiger partial charge in [0.25, 0.3) is 0 Å². The molecule has 3 heteroatoms. The van der Waals surface area contributed by atoms with Gasteiger partial charge in [-0.05, 0) is 31.4 Å². The number of hydrogen-bond donors (Lipinski definition) is 1. The molecule has 0 saturated heterocycles. The number of nitrogens with zero attached hydrogens (tertiary/aromatic N) is 1. The van der Waals surface area contributed by atoms with E-state index in [0.29, 0.717) is 5.92 Å². The Balaban J connectivity index is 2.40. The molecule has 3 nitrogen and oxygen atoms in total. The van der Waals surface area contributed by atoms with E-state index in [4.69, 9.17) is 10.5 Å². The number of nitrogens with two attached hydrogens (primary N) is 1. The number of ether oxygens (including phenoxy) is 1. The van der Waals surface area contributed by atoms with Crippen LogP contribution >= 0.6 is 0 Å². The summed E-state index contributed by atoms with van der Waals surface area (Å²) in [6, 6.07) is 4.12. The van der Waals surface area contributed by atoms with Gasteiger partial charge in [-0.1, -0.05) is 20.3 Å². The first kappa shape index (κ1) is 14.0. The molecule has 17 heavy (non-hydrogen) atoms. The Morgan fingerprint density at radius 3 is 2.65 bits per heavy atom. The topological polar surface area (TPSA) is 48.1 Å². The van der Waals surface area contributed by atoms with Crippen molar-refractivity contribution in [3.8, 4) is 5.75 Å². The van der Waals surface area contributed by atoms with Gasteiger partial charge in [0.1, 0.15) is 5.75 Å². The third kappa shape index (κ3) is 5.68. The third-order valence-corrected chi connectivity index (χ3v) is 2.64. The summed E-state index contributed by atoms with van der Waals surface area (Å²) in [6.45, 7) is 7.16. The normalized spacial score (nSPS) is 14.4. The predicted octanol–water partition coefficient (Wildman–Crippen LogP) is 2.79. The summed E-state index contributed by atoms with van der Waals surface area (Å²) < 4.78 is 5.69. The van der Waals surface area contributed by atoms with Gasteiger partial charge >= 0.3 is 0 Å². The lowest BCUT2D eigenvalue weighted by atomic mass is 10.1. The molecule has 0 aliphatic carbocycles. The van der Waals surface area contributed by atoms with Crippen LogP contribution in [0.15, 0.2) is 18.3 Å². The van der Waals surface area contributed by atoms with E-state index in [-0.39, 0.29) is 6.04 Å². The Bertz CT molecular complexity index is 309. The van der Waals surface area contributed by atoms with E-state index in [2.05, 4.69) is 18.8 Å². The van der Waals surface area contributed by atoms with E-state index >= 15 is 0 Å². The molecule has 1 aromatic rings. The molecule has 0 amide bonds. The molecule has 0 saturated carbocycles. The zero-order valence-corrected chi connectivity index (χ0v) is 11.1. The molecule has 0 radical (unpaired) electrons. The van der Waals surface area contributed by atoms with Crippen LogP contribution in [0.5, 0.6) is 5.75 Å². The summed E-state index contributed by atoms with van der Waals surface area (Å²) in [6.07, 6.45) is 5.01. The highest BCUT2D eigenvalue weighted by molar-refractivity contribution is 5.20. The van der Waals surface area contributed by atoms with Crippen LogP contribution in [0, 0.1) is 5.92 Å². The monoisotopic (exact) mass is 236 g/mol. The number of hydrogen-bond acceptors (Lipinski definition) is 3. The first-order valence-electron chi connectivity index (χ1n) is 6.45. The highest BCUT2D eigenvalue weighted by Crippen LogP contribution is 2.13. The summed E-state index contributed by atoms with van der Waals surface area (Å²) in [5.41, 5.74) is 6.75. The molecular formula is C14H24N2O.